The molecule has 0 fully saturated rings. The molecule has 0 saturated carbocycles. The summed E-state index contributed by atoms with van der Waals surface area (Å²) in [6.07, 6.45) is 1.88. The molecular weight excluding hydrogens is 295 g/mol. The quantitative estimate of drug-likeness (QED) is 0.503. The Morgan fingerprint density at radius 3 is 1.91 bits per heavy atom. The highest BCUT2D eigenvalue weighted by molar-refractivity contribution is 7.65. The number of hydrogen-bond acceptors (Lipinski definition) is 3. The van der Waals surface area contributed by atoms with Gasteiger partial charge < -0.3 is 9.05 Å². The van der Waals surface area contributed by atoms with Crippen LogP contribution in [0.1, 0.15) is 25.0 Å². The van der Waals surface area contributed by atoms with Crippen molar-refractivity contribution in [2.45, 2.75) is 13.8 Å². The van der Waals surface area contributed by atoms with E-state index in [9.17, 15) is 4.57 Å². The highest BCUT2D eigenvalue weighted by atomic mass is 31.2. The lowest BCUT2D eigenvalue weighted by molar-refractivity contribution is 0.231. The second-order valence-electron chi connectivity index (χ2n) is 4.64. The minimum Gasteiger partial charge on any atom is -0.305 e. The van der Waals surface area contributed by atoms with Gasteiger partial charge in [0.15, 0.2) is 0 Å². The van der Waals surface area contributed by atoms with Gasteiger partial charge >= 0.3 is 7.60 Å². The van der Waals surface area contributed by atoms with Crippen LogP contribution in [-0.2, 0) is 13.6 Å². The second-order valence-corrected chi connectivity index (χ2v) is 6.63. The summed E-state index contributed by atoms with van der Waals surface area (Å²) in [6.45, 7) is 4.29. The van der Waals surface area contributed by atoms with Gasteiger partial charge in [-0.05, 0) is 31.1 Å². The molecule has 0 aliphatic rings. The standard InChI is InChI=1S/C18H21O3P/c1-3-20-22(19,21-4-2)18(17-13-9-6-10-14-17)15-16-11-7-5-8-12-16/h5-15H,3-4H2,1-2H3/b18-15+. The minimum atomic E-state index is -3.36. The van der Waals surface area contributed by atoms with Gasteiger partial charge in [0.1, 0.15) is 0 Å². The predicted octanol–water partition coefficient (Wildman–Crippen LogP) is 5.45. The van der Waals surface area contributed by atoms with Gasteiger partial charge in [-0.3, -0.25) is 4.57 Å². The number of hydrogen-bond donors (Lipinski definition) is 0. The van der Waals surface area contributed by atoms with Gasteiger partial charge in [-0.2, -0.15) is 0 Å². The van der Waals surface area contributed by atoms with Crippen LogP contribution >= 0.6 is 7.60 Å². The predicted molar refractivity (Wildman–Crippen MR) is 91.6 cm³/mol. The van der Waals surface area contributed by atoms with Crippen LogP contribution in [0, 0.1) is 0 Å². The zero-order valence-corrected chi connectivity index (χ0v) is 13.8. The van der Waals surface area contributed by atoms with Gasteiger partial charge in [-0.15, -0.1) is 0 Å². The average molecular weight is 316 g/mol. The molecule has 0 heterocycles. The molecule has 2 rings (SSSR count). The van der Waals surface area contributed by atoms with Crippen molar-refractivity contribution in [2.24, 2.45) is 0 Å². The summed E-state index contributed by atoms with van der Waals surface area (Å²) in [6, 6.07) is 19.4. The van der Waals surface area contributed by atoms with Crippen LogP contribution in [0.5, 0.6) is 0 Å². The molecule has 0 aromatic heterocycles. The van der Waals surface area contributed by atoms with Crippen molar-refractivity contribution in [3.63, 3.8) is 0 Å². The first-order valence-corrected chi connectivity index (χ1v) is 8.95. The molecule has 0 spiro atoms. The largest absolute Gasteiger partial charge is 0.361 e. The highest BCUT2D eigenvalue weighted by Gasteiger charge is 2.30. The Morgan fingerprint density at radius 1 is 0.909 bits per heavy atom. The molecule has 0 amide bonds. The Labute approximate surface area is 132 Å². The van der Waals surface area contributed by atoms with Crippen LogP contribution in [0.25, 0.3) is 11.4 Å². The summed E-state index contributed by atoms with van der Waals surface area (Å²) < 4.78 is 24.3. The van der Waals surface area contributed by atoms with E-state index in [1.54, 1.807) is 0 Å². The maximum Gasteiger partial charge on any atom is 0.361 e. The van der Waals surface area contributed by atoms with E-state index in [1.807, 2.05) is 80.6 Å². The first-order valence-electron chi connectivity index (χ1n) is 7.41. The molecular formula is C18H21O3P. The van der Waals surface area contributed by atoms with Crippen molar-refractivity contribution in [3.8, 4) is 0 Å². The summed E-state index contributed by atoms with van der Waals surface area (Å²) in [5, 5.41) is 0.586. The normalized spacial score (nSPS) is 12.4. The van der Waals surface area contributed by atoms with Gasteiger partial charge in [0, 0.05) is 0 Å². The van der Waals surface area contributed by atoms with Gasteiger partial charge in [-0.25, -0.2) is 0 Å². The zero-order chi connectivity index (χ0) is 15.8. The summed E-state index contributed by atoms with van der Waals surface area (Å²) in [5.74, 6) is 0. The first-order chi connectivity index (χ1) is 10.7. The van der Waals surface area contributed by atoms with Gasteiger partial charge in [0.25, 0.3) is 0 Å². The number of rotatable bonds is 7. The first kappa shape index (κ1) is 16.7. The van der Waals surface area contributed by atoms with E-state index in [2.05, 4.69) is 0 Å². The fraction of sp³-hybridized carbons (Fsp3) is 0.222. The Morgan fingerprint density at radius 2 is 1.41 bits per heavy atom. The lowest BCUT2D eigenvalue weighted by Crippen LogP contribution is -1.99. The molecule has 4 heteroatoms. The lowest BCUT2D eigenvalue weighted by atomic mass is 10.1. The molecule has 0 bridgehead atoms. The summed E-state index contributed by atoms with van der Waals surface area (Å²) in [4.78, 5) is 0. The van der Waals surface area contributed by atoms with Gasteiger partial charge in [-0.1, -0.05) is 60.7 Å². The number of benzene rings is 2. The second kappa shape index (κ2) is 8.09. The third-order valence-corrected chi connectivity index (χ3v) is 5.24. The summed E-state index contributed by atoms with van der Waals surface area (Å²) in [7, 11) is -3.36. The fourth-order valence-corrected chi connectivity index (χ4v) is 3.96. The molecule has 116 valence electrons. The van der Waals surface area contributed by atoms with E-state index in [0.717, 1.165) is 11.1 Å². The fourth-order valence-electron chi connectivity index (χ4n) is 2.15. The molecule has 0 atom stereocenters. The molecule has 0 aliphatic carbocycles. The Hall–Kier alpha value is -1.67. The van der Waals surface area contributed by atoms with Gasteiger partial charge in [0.05, 0.1) is 18.5 Å². The maximum atomic E-state index is 13.2. The van der Waals surface area contributed by atoms with Crippen LogP contribution in [-0.4, -0.2) is 13.2 Å². The summed E-state index contributed by atoms with van der Waals surface area (Å²) >= 11 is 0. The van der Waals surface area contributed by atoms with Crippen molar-refractivity contribution < 1.29 is 13.6 Å². The SMILES string of the molecule is CCOP(=O)(OCC)/C(=C/c1ccccc1)c1ccccc1. The van der Waals surface area contributed by atoms with Crippen LogP contribution in [0.4, 0.5) is 0 Å². The molecule has 0 unspecified atom stereocenters. The Bertz CT molecular complexity index is 641. The molecule has 0 radical (unpaired) electrons. The molecule has 22 heavy (non-hydrogen) atoms. The van der Waals surface area contributed by atoms with Crippen LogP contribution in [0.15, 0.2) is 60.7 Å². The van der Waals surface area contributed by atoms with Crippen molar-refractivity contribution in [1.82, 2.24) is 0 Å². The van der Waals surface area contributed by atoms with E-state index >= 15 is 0 Å². The van der Waals surface area contributed by atoms with Gasteiger partial charge in [0.2, 0.25) is 0 Å². The van der Waals surface area contributed by atoms with E-state index in [0.29, 0.717) is 18.5 Å². The topological polar surface area (TPSA) is 35.5 Å². The van der Waals surface area contributed by atoms with E-state index < -0.39 is 7.60 Å². The van der Waals surface area contributed by atoms with Crippen molar-refractivity contribution in [3.05, 3.63) is 71.8 Å². The third kappa shape index (κ3) is 4.17. The Kier molecular flexibility index (Phi) is 6.14. The monoisotopic (exact) mass is 316 g/mol. The molecule has 2 aromatic rings. The molecule has 2 aromatic carbocycles. The van der Waals surface area contributed by atoms with Crippen molar-refractivity contribution in [1.29, 1.82) is 0 Å². The van der Waals surface area contributed by atoms with Crippen molar-refractivity contribution in [2.75, 3.05) is 13.2 Å². The van der Waals surface area contributed by atoms with E-state index in [4.69, 9.17) is 9.05 Å². The minimum absolute atomic E-state index is 0.330. The molecule has 0 saturated heterocycles. The maximum absolute atomic E-state index is 13.2. The van der Waals surface area contributed by atoms with Crippen molar-refractivity contribution >= 4 is 19.0 Å². The van der Waals surface area contributed by atoms with E-state index in [1.165, 1.54) is 0 Å². The average Bonchev–Trinajstić information content (AvgIpc) is 2.55. The Balaban J connectivity index is 2.55. The van der Waals surface area contributed by atoms with Crippen LogP contribution < -0.4 is 0 Å². The lowest BCUT2D eigenvalue weighted by Gasteiger charge is -2.20. The molecule has 0 N–H and O–H groups in total. The molecule has 3 nitrogen and oxygen atoms in total. The van der Waals surface area contributed by atoms with Crippen LogP contribution in [0.2, 0.25) is 0 Å². The summed E-state index contributed by atoms with van der Waals surface area (Å²) in [5.41, 5.74) is 1.80. The van der Waals surface area contributed by atoms with E-state index in [-0.39, 0.29) is 0 Å². The van der Waals surface area contributed by atoms with Crippen LogP contribution in [0.3, 0.4) is 0 Å². The third-order valence-electron chi connectivity index (χ3n) is 3.07. The zero-order valence-electron chi connectivity index (χ0n) is 12.9. The smallest absolute Gasteiger partial charge is 0.305 e. The highest BCUT2D eigenvalue weighted by Crippen LogP contribution is 2.61. The molecule has 0 aliphatic heterocycles.